The second-order valence-electron chi connectivity index (χ2n) is 6.98. The summed E-state index contributed by atoms with van der Waals surface area (Å²) in [6.07, 6.45) is 7.24. The van der Waals surface area contributed by atoms with Crippen molar-refractivity contribution in [2.24, 2.45) is 11.5 Å². The summed E-state index contributed by atoms with van der Waals surface area (Å²) in [5.74, 6) is -0.633. The Labute approximate surface area is 161 Å². The van der Waals surface area contributed by atoms with Crippen molar-refractivity contribution in [2.75, 3.05) is 10.6 Å². The summed E-state index contributed by atoms with van der Waals surface area (Å²) in [7, 11) is 0. The number of hydrogen-bond acceptors (Lipinski definition) is 6. The monoisotopic (exact) mass is 383 g/mol. The number of halogens is 1. The molecule has 8 nitrogen and oxygen atoms in total. The number of fused-ring (bicyclic) bond motifs is 1. The van der Waals surface area contributed by atoms with Crippen molar-refractivity contribution in [3.63, 3.8) is 0 Å². The fourth-order valence-corrected chi connectivity index (χ4v) is 3.53. The number of amides is 1. The topological polar surface area (TPSA) is 123 Å². The lowest BCUT2D eigenvalue weighted by molar-refractivity contribution is 0.100. The molecule has 146 valence electrons. The minimum atomic E-state index is -0.774. The molecule has 0 radical (unpaired) electrons. The van der Waals surface area contributed by atoms with Crippen molar-refractivity contribution in [3.05, 3.63) is 48.0 Å². The maximum absolute atomic E-state index is 14.6. The smallest absolute Gasteiger partial charge is 0.252 e. The number of carbonyl (C=O) groups excluding carboxylic acids is 1. The predicted molar refractivity (Wildman–Crippen MR) is 105 cm³/mol. The Morgan fingerprint density at radius 1 is 1.25 bits per heavy atom. The molecule has 0 spiro atoms. The molecule has 1 fully saturated rings. The first kappa shape index (κ1) is 18.2. The van der Waals surface area contributed by atoms with Gasteiger partial charge in [0.15, 0.2) is 11.6 Å². The van der Waals surface area contributed by atoms with Gasteiger partial charge in [-0.2, -0.15) is 0 Å². The van der Waals surface area contributed by atoms with Crippen LogP contribution in [0.4, 0.5) is 21.8 Å². The highest BCUT2D eigenvalue weighted by Crippen LogP contribution is 2.27. The van der Waals surface area contributed by atoms with E-state index in [1.807, 2.05) is 24.4 Å². The second kappa shape index (κ2) is 7.43. The van der Waals surface area contributed by atoms with Crippen molar-refractivity contribution in [1.29, 1.82) is 0 Å². The predicted octanol–water partition coefficient (Wildman–Crippen LogP) is 2.39. The van der Waals surface area contributed by atoms with Crippen LogP contribution in [0.15, 0.2) is 36.7 Å². The summed E-state index contributed by atoms with van der Waals surface area (Å²) in [4.78, 5) is 20.4. The molecular weight excluding hydrogens is 361 g/mol. The van der Waals surface area contributed by atoms with Crippen LogP contribution in [0.25, 0.3) is 5.65 Å². The van der Waals surface area contributed by atoms with Gasteiger partial charge in [-0.25, -0.2) is 14.4 Å². The molecule has 3 aromatic heterocycles. The Balaban J connectivity index is 1.69. The van der Waals surface area contributed by atoms with E-state index in [1.165, 1.54) is 0 Å². The number of aromatic nitrogens is 3. The van der Waals surface area contributed by atoms with Gasteiger partial charge >= 0.3 is 0 Å². The van der Waals surface area contributed by atoms with Gasteiger partial charge in [0.2, 0.25) is 0 Å². The van der Waals surface area contributed by atoms with Crippen LogP contribution in [0.1, 0.15) is 36.0 Å². The summed E-state index contributed by atoms with van der Waals surface area (Å²) >= 11 is 0. The molecular formula is C19H22FN7O. The summed E-state index contributed by atoms with van der Waals surface area (Å²) in [6.45, 7) is 0. The summed E-state index contributed by atoms with van der Waals surface area (Å²) in [6, 6.07) is 6.52. The third kappa shape index (κ3) is 3.48. The SMILES string of the molecule is NC(=O)c1cc(F)c(NC2CCCCC2N)nc1Nc1cnc2ccccn12. The molecule has 4 rings (SSSR count). The zero-order valence-corrected chi connectivity index (χ0v) is 15.2. The van der Waals surface area contributed by atoms with Gasteiger partial charge in [0, 0.05) is 18.3 Å². The van der Waals surface area contributed by atoms with E-state index < -0.39 is 11.7 Å². The van der Waals surface area contributed by atoms with Crippen molar-refractivity contribution in [3.8, 4) is 0 Å². The molecule has 2 atom stereocenters. The van der Waals surface area contributed by atoms with E-state index >= 15 is 0 Å². The van der Waals surface area contributed by atoms with Crippen LogP contribution in [-0.4, -0.2) is 32.4 Å². The second-order valence-corrected chi connectivity index (χ2v) is 6.98. The summed E-state index contributed by atoms with van der Waals surface area (Å²) in [5, 5.41) is 6.14. The van der Waals surface area contributed by atoms with E-state index in [1.54, 1.807) is 10.6 Å². The molecule has 3 aromatic rings. The van der Waals surface area contributed by atoms with Gasteiger partial charge < -0.3 is 22.1 Å². The van der Waals surface area contributed by atoms with E-state index in [0.717, 1.165) is 37.4 Å². The number of nitrogens with one attached hydrogen (secondary N) is 2. The number of anilines is 3. The van der Waals surface area contributed by atoms with E-state index in [4.69, 9.17) is 11.5 Å². The Hall–Kier alpha value is -3.20. The average Bonchev–Trinajstić information content (AvgIpc) is 3.09. The molecule has 28 heavy (non-hydrogen) atoms. The minimum Gasteiger partial charge on any atom is -0.365 e. The standard InChI is InChI=1S/C19H22FN7O/c20-12-9-11(17(22)28)18(25-16-10-23-15-7-3-4-8-27(15)16)26-19(12)24-14-6-2-1-5-13(14)21/h3-4,7-10,13-14H,1-2,5-6,21H2,(H2,22,28)(H2,24,25,26). The van der Waals surface area contributed by atoms with Gasteiger partial charge in [0.1, 0.15) is 17.3 Å². The number of imidazole rings is 1. The number of nitrogens with two attached hydrogens (primary N) is 2. The molecule has 0 aliphatic heterocycles. The molecule has 9 heteroatoms. The largest absolute Gasteiger partial charge is 0.365 e. The van der Waals surface area contributed by atoms with Crippen LogP contribution in [0, 0.1) is 5.82 Å². The number of carbonyl (C=O) groups is 1. The highest BCUT2D eigenvalue weighted by molar-refractivity contribution is 5.98. The Kier molecular flexibility index (Phi) is 4.82. The fraction of sp³-hybridized carbons (Fsp3) is 0.316. The van der Waals surface area contributed by atoms with Gasteiger partial charge in [0.25, 0.3) is 5.91 Å². The quantitative estimate of drug-likeness (QED) is 0.536. The number of hydrogen-bond donors (Lipinski definition) is 4. The molecule has 2 unspecified atom stereocenters. The Bertz CT molecular complexity index is 1020. The van der Waals surface area contributed by atoms with Crippen LogP contribution in [0.3, 0.4) is 0 Å². The van der Waals surface area contributed by atoms with Crippen molar-refractivity contribution in [1.82, 2.24) is 14.4 Å². The highest BCUT2D eigenvalue weighted by atomic mass is 19.1. The number of primary amides is 1. The maximum Gasteiger partial charge on any atom is 0.252 e. The lowest BCUT2D eigenvalue weighted by Crippen LogP contribution is -2.43. The number of rotatable bonds is 5. The zero-order chi connectivity index (χ0) is 19.7. The summed E-state index contributed by atoms with van der Waals surface area (Å²) in [5.41, 5.74) is 12.3. The first-order chi connectivity index (χ1) is 13.5. The van der Waals surface area contributed by atoms with Crippen LogP contribution < -0.4 is 22.1 Å². The maximum atomic E-state index is 14.6. The molecule has 1 amide bonds. The van der Waals surface area contributed by atoms with Crippen LogP contribution >= 0.6 is 0 Å². The van der Waals surface area contributed by atoms with Gasteiger partial charge in [-0.1, -0.05) is 18.9 Å². The van der Waals surface area contributed by atoms with Crippen molar-refractivity contribution >= 4 is 29.0 Å². The highest BCUT2D eigenvalue weighted by Gasteiger charge is 2.24. The molecule has 1 aliphatic rings. The first-order valence-corrected chi connectivity index (χ1v) is 9.24. The average molecular weight is 383 g/mol. The molecule has 0 saturated heterocycles. The Morgan fingerprint density at radius 2 is 2.07 bits per heavy atom. The van der Waals surface area contributed by atoms with Gasteiger partial charge in [0.05, 0.1) is 11.8 Å². The first-order valence-electron chi connectivity index (χ1n) is 9.24. The third-order valence-corrected chi connectivity index (χ3v) is 5.05. The third-order valence-electron chi connectivity index (χ3n) is 5.05. The van der Waals surface area contributed by atoms with E-state index in [9.17, 15) is 9.18 Å². The molecule has 3 heterocycles. The lowest BCUT2D eigenvalue weighted by Gasteiger charge is -2.30. The van der Waals surface area contributed by atoms with E-state index in [0.29, 0.717) is 5.82 Å². The molecule has 1 aliphatic carbocycles. The van der Waals surface area contributed by atoms with E-state index in [-0.39, 0.29) is 29.3 Å². The van der Waals surface area contributed by atoms with Crippen LogP contribution in [0.5, 0.6) is 0 Å². The zero-order valence-electron chi connectivity index (χ0n) is 15.2. The Morgan fingerprint density at radius 3 is 2.86 bits per heavy atom. The van der Waals surface area contributed by atoms with Crippen LogP contribution in [0.2, 0.25) is 0 Å². The van der Waals surface area contributed by atoms with Gasteiger partial charge in [-0.15, -0.1) is 0 Å². The molecule has 6 N–H and O–H groups in total. The molecule has 0 bridgehead atoms. The van der Waals surface area contributed by atoms with Gasteiger partial charge in [-0.3, -0.25) is 9.20 Å². The van der Waals surface area contributed by atoms with Crippen molar-refractivity contribution < 1.29 is 9.18 Å². The number of pyridine rings is 2. The summed E-state index contributed by atoms with van der Waals surface area (Å²) < 4.78 is 16.4. The molecule has 1 saturated carbocycles. The number of nitrogens with zero attached hydrogens (tertiary/aromatic N) is 3. The van der Waals surface area contributed by atoms with Gasteiger partial charge in [-0.05, 0) is 31.0 Å². The van der Waals surface area contributed by atoms with Crippen LogP contribution in [-0.2, 0) is 0 Å². The van der Waals surface area contributed by atoms with Crippen molar-refractivity contribution in [2.45, 2.75) is 37.8 Å². The fourth-order valence-electron chi connectivity index (χ4n) is 3.53. The normalized spacial score (nSPS) is 19.5. The lowest BCUT2D eigenvalue weighted by atomic mass is 9.91. The minimum absolute atomic E-state index is 0.0399. The van der Waals surface area contributed by atoms with E-state index in [2.05, 4.69) is 20.6 Å². The molecule has 0 aromatic carbocycles.